The number of hydrogen-bond donors (Lipinski definition) is 1. The Balaban J connectivity index is 1.40. The van der Waals surface area contributed by atoms with Crippen LogP contribution >= 0.6 is 23.1 Å². The number of nitrogens with zero attached hydrogens (tertiary/aromatic N) is 3. The molecule has 6 rings (SSSR count). The van der Waals surface area contributed by atoms with E-state index in [9.17, 15) is 14.7 Å². The average Bonchev–Trinajstić information content (AvgIpc) is 3.77. The molecule has 4 aromatic rings. The summed E-state index contributed by atoms with van der Waals surface area (Å²) in [5, 5.41) is 20.7. The van der Waals surface area contributed by atoms with E-state index < -0.39 is 17.7 Å². The molecule has 2 aliphatic rings. The van der Waals surface area contributed by atoms with E-state index >= 15 is 0 Å². The highest BCUT2D eigenvalue weighted by Gasteiger charge is 2.48. The Bertz CT molecular complexity index is 1790. The van der Waals surface area contributed by atoms with Crippen molar-refractivity contribution in [3.05, 3.63) is 94.6 Å². The molecule has 0 aliphatic carbocycles. The largest absolute Gasteiger partial charge is 0.507 e. The number of unbranched alkanes of at least 4 members (excludes halogenated alkanes) is 2. The minimum absolute atomic E-state index is 0.0130. The third-order valence-corrected chi connectivity index (χ3v) is 10.1. The van der Waals surface area contributed by atoms with Crippen LogP contribution in [0.4, 0.5) is 5.13 Å². The molecule has 3 heterocycles. The lowest BCUT2D eigenvalue weighted by Crippen LogP contribution is -2.29. The van der Waals surface area contributed by atoms with Gasteiger partial charge < -0.3 is 19.3 Å². The van der Waals surface area contributed by atoms with Crippen LogP contribution in [-0.2, 0) is 21.8 Å². The van der Waals surface area contributed by atoms with Crippen LogP contribution in [0.5, 0.6) is 17.2 Å². The lowest BCUT2D eigenvalue weighted by atomic mass is 9.94. The Morgan fingerprint density at radius 2 is 1.85 bits per heavy atom. The van der Waals surface area contributed by atoms with E-state index in [0.29, 0.717) is 52.4 Å². The molecule has 3 aromatic carbocycles. The van der Waals surface area contributed by atoms with Crippen molar-refractivity contribution in [2.75, 3.05) is 18.1 Å². The Kier molecular flexibility index (Phi) is 10.1. The number of aliphatic hydroxyl groups excluding tert-OH is 1. The van der Waals surface area contributed by atoms with E-state index in [1.807, 2.05) is 50.2 Å². The number of hydrogen-bond acceptors (Lipinski definition) is 10. The molecule has 11 heteroatoms. The number of benzene rings is 3. The van der Waals surface area contributed by atoms with E-state index in [1.165, 1.54) is 28.0 Å². The molecule has 1 saturated heterocycles. The van der Waals surface area contributed by atoms with Crippen molar-refractivity contribution in [2.45, 2.75) is 68.7 Å². The van der Waals surface area contributed by atoms with Gasteiger partial charge in [-0.1, -0.05) is 79.3 Å². The third kappa shape index (κ3) is 7.01. The van der Waals surface area contributed by atoms with E-state index in [4.69, 9.17) is 14.2 Å². The number of fused-ring (bicyclic) bond motifs is 1. The monoisotopic (exact) mass is 671 g/mol. The number of anilines is 1. The van der Waals surface area contributed by atoms with Crippen molar-refractivity contribution >= 4 is 45.7 Å². The number of ether oxygens (including phenoxy) is 3. The van der Waals surface area contributed by atoms with Crippen molar-refractivity contribution in [1.29, 1.82) is 0 Å². The molecule has 0 bridgehead atoms. The maximum Gasteiger partial charge on any atom is 0.301 e. The van der Waals surface area contributed by atoms with E-state index in [0.717, 1.165) is 36.1 Å². The number of ketones is 1. The number of amides is 1. The molecule has 1 N–H and O–H groups in total. The van der Waals surface area contributed by atoms with E-state index in [2.05, 4.69) is 17.1 Å². The smallest absolute Gasteiger partial charge is 0.301 e. The molecule has 1 aromatic heterocycles. The molecule has 1 fully saturated rings. The van der Waals surface area contributed by atoms with Gasteiger partial charge in [0, 0.05) is 17.7 Å². The standard InChI is InChI=1S/C36H37N3O6S2/c1-4-6-10-17-44-28-16-13-24(20-29(28)43-5-2)31-30(32(40)25-14-15-27-26(19-25)18-22(3)45-27)33(41)34(42)39(31)35-37-38-36(47-35)46-21-23-11-8-7-9-12-23/h7-9,11-16,19-20,22,31,40H,4-6,10,17-18,21H2,1-3H3/t22-,31+/m0/s1. The average molecular weight is 672 g/mol. The van der Waals surface area contributed by atoms with Crippen LogP contribution in [-0.4, -0.2) is 46.3 Å². The lowest BCUT2D eigenvalue weighted by Gasteiger charge is -2.23. The number of thioether (sulfide) groups is 1. The highest BCUT2D eigenvalue weighted by Crippen LogP contribution is 2.46. The second kappa shape index (κ2) is 14.6. The Morgan fingerprint density at radius 1 is 1.02 bits per heavy atom. The minimum Gasteiger partial charge on any atom is -0.507 e. The number of carbonyl (C=O) groups excluding carboxylic acids is 2. The predicted molar refractivity (Wildman–Crippen MR) is 184 cm³/mol. The number of aliphatic hydroxyl groups is 1. The molecule has 0 saturated carbocycles. The van der Waals surface area contributed by atoms with E-state index in [-0.39, 0.29) is 22.6 Å². The molecular weight excluding hydrogens is 635 g/mol. The van der Waals surface area contributed by atoms with Gasteiger partial charge >= 0.3 is 5.91 Å². The molecule has 0 unspecified atom stereocenters. The van der Waals surface area contributed by atoms with Crippen LogP contribution in [0.3, 0.4) is 0 Å². The second-order valence-electron chi connectivity index (χ2n) is 11.4. The van der Waals surface area contributed by atoms with Crippen LogP contribution < -0.4 is 19.1 Å². The number of rotatable bonds is 13. The van der Waals surface area contributed by atoms with Crippen LogP contribution in [0.1, 0.15) is 68.3 Å². The normalized spacial score (nSPS) is 18.3. The lowest BCUT2D eigenvalue weighted by molar-refractivity contribution is -0.132. The van der Waals surface area contributed by atoms with Crippen molar-refractivity contribution in [3.8, 4) is 17.2 Å². The van der Waals surface area contributed by atoms with Gasteiger partial charge in [-0.2, -0.15) is 0 Å². The summed E-state index contributed by atoms with van der Waals surface area (Å²) < 4.78 is 18.5. The van der Waals surface area contributed by atoms with Gasteiger partial charge in [0.2, 0.25) is 5.13 Å². The maximum absolute atomic E-state index is 13.8. The summed E-state index contributed by atoms with van der Waals surface area (Å²) >= 11 is 2.73. The van der Waals surface area contributed by atoms with Gasteiger partial charge in [0.25, 0.3) is 5.78 Å². The first-order valence-corrected chi connectivity index (χ1v) is 17.7. The fourth-order valence-electron chi connectivity index (χ4n) is 5.76. The van der Waals surface area contributed by atoms with Crippen LogP contribution in [0.25, 0.3) is 5.76 Å². The molecule has 244 valence electrons. The van der Waals surface area contributed by atoms with Crippen LogP contribution in [0.15, 0.2) is 76.6 Å². The van der Waals surface area contributed by atoms with Crippen LogP contribution in [0.2, 0.25) is 0 Å². The molecule has 2 atom stereocenters. The van der Waals surface area contributed by atoms with Crippen molar-refractivity contribution < 1.29 is 28.9 Å². The fourth-order valence-corrected chi connectivity index (χ4v) is 7.59. The van der Waals surface area contributed by atoms with Crippen molar-refractivity contribution in [2.24, 2.45) is 0 Å². The first kappa shape index (κ1) is 32.6. The first-order chi connectivity index (χ1) is 22.9. The van der Waals surface area contributed by atoms with Crippen LogP contribution in [0, 0.1) is 0 Å². The van der Waals surface area contributed by atoms with Gasteiger partial charge in [-0.3, -0.25) is 14.5 Å². The predicted octanol–water partition coefficient (Wildman–Crippen LogP) is 7.75. The van der Waals surface area contributed by atoms with Gasteiger partial charge in [-0.25, -0.2) is 0 Å². The summed E-state index contributed by atoms with van der Waals surface area (Å²) in [4.78, 5) is 29.0. The fraction of sp³-hybridized carbons (Fsp3) is 0.333. The summed E-state index contributed by atoms with van der Waals surface area (Å²) in [6, 6.07) is 19.7. The van der Waals surface area contributed by atoms with Crippen molar-refractivity contribution in [3.63, 3.8) is 0 Å². The zero-order chi connectivity index (χ0) is 32.9. The number of carbonyl (C=O) groups is 2. The van der Waals surface area contributed by atoms with Gasteiger partial charge in [0.15, 0.2) is 15.8 Å². The van der Waals surface area contributed by atoms with E-state index in [1.54, 1.807) is 30.3 Å². The minimum atomic E-state index is -0.980. The second-order valence-corrected chi connectivity index (χ2v) is 13.6. The molecule has 47 heavy (non-hydrogen) atoms. The van der Waals surface area contributed by atoms with Gasteiger partial charge in [-0.05, 0) is 67.3 Å². The summed E-state index contributed by atoms with van der Waals surface area (Å²) in [6.07, 6.45) is 3.74. The zero-order valence-corrected chi connectivity index (χ0v) is 28.2. The van der Waals surface area contributed by atoms with Gasteiger partial charge in [0.1, 0.15) is 17.6 Å². The third-order valence-electron chi connectivity index (χ3n) is 8.01. The molecule has 0 spiro atoms. The molecule has 0 radical (unpaired) electrons. The zero-order valence-electron chi connectivity index (χ0n) is 26.6. The van der Waals surface area contributed by atoms with Crippen molar-refractivity contribution in [1.82, 2.24) is 10.2 Å². The SMILES string of the molecule is CCCCCOc1ccc([C@@H]2C(=C(O)c3ccc4c(c3)C[C@H](C)O4)C(=O)C(=O)N2c2nnc(SCc3ccccc3)s2)cc1OCC. The topological polar surface area (TPSA) is 111 Å². The highest BCUT2D eigenvalue weighted by molar-refractivity contribution is 8.00. The maximum atomic E-state index is 13.8. The molecular formula is C36H37N3O6S2. The summed E-state index contributed by atoms with van der Waals surface area (Å²) in [7, 11) is 0. The first-order valence-electron chi connectivity index (χ1n) is 15.9. The molecule has 1 amide bonds. The van der Waals surface area contributed by atoms with Gasteiger partial charge in [0.05, 0.1) is 24.8 Å². The Hall–Kier alpha value is -4.35. The molecule has 9 nitrogen and oxygen atoms in total. The highest BCUT2D eigenvalue weighted by atomic mass is 32.2. The van der Waals surface area contributed by atoms with Gasteiger partial charge in [-0.15, -0.1) is 10.2 Å². The molecule has 2 aliphatic heterocycles. The Labute approximate surface area is 282 Å². The summed E-state index contributed by atoms with van der Waals surface area (Å²) in [5.74, 6) is 0.637. The summed E-state index contributed by atoms with van der Waals surface area (Å²) in [6.45, 7) is 6.93. The quantitative estimate of drug-likeness (QED) is 0.0381. The number of Topliss-reactive ketones (excluding diaryl/α,β-unsaturated/α-hetero) is 1. The Morgan fingerprint density at radius 3 is 2.64 bits per heavy atom. The number of aromatic nitrogens is 2. The summed E-state index contributed by atoms with van der Waals surface area (Å²) in [5.41, 5.74) is 3.03.